The molecule has 30 heavy (non-hydrogen) atoms. The van der Waals surface area contributed by atoms with Crippen molar-refractivity contribution < 1.29 is 45.0 Å². The van der Waals surface area contributed by atoms with Gasteiger partial charge in [0.2, 0.25) is 0 Å². The predicted octanol–water partition coefficient (Wildman–Crippen LogP) is 3.68. The molecule has 0 aliphatic heterocycles. The molecule has 0 radical (unpaired) electrons. The van der Waals surface area contributed by atoms with Crippen LogP contribution in [0, 0.1) is 0 Å². The molecule has 1 aromatic carbocycles. The Bertz CT molecular complexity index is 835. The van der Waals surface area contributed by atoms with E-state index in [9.17, 15) is 31.1 Å². The van der Waals surface area contributed by atoms with Gasteiger partial charge in [0.15, 0.2) is 17.3 Å². The quantitative estimate of drug-likeness (QED) is 0.484. The number of hydrogen-bond acceptors (Lipinski definition) is 5. The lowest BCUT2D eigenvalue weighted by atomic mass is 10.1. The van der Waals surface area contributed by atoms with Crippen molar-refractivity contribution in [3.8, 4) is 11.5 Å². The average molecular weight is 440 g/mol. The highest BCUT2D eigenvalue weighted by molar-refractivity contribution is 5.92. The number of carbonyl (C=O) groups excluding carboxylic acids is 1. The highest BCUT2D eigenvalue weighted by atomic mass is 19.4. The summed E-state index contributed by atoms with van der Waals surface area (Å²) in [6.45, 7) is -0.771. The zero-order valence-electron chi connectivity index (χ0n) is 15.8. The van der Waals surface area contributed by atoms with Gasteiger partial charge in [-0.2, -0.15) is 26.3 Å². The minimum absolute atomic E-state index is 0.231. The summed E-state index contributed by atoms with van der Waals surface area (Å²) in [4.78, 5) is 11.9. The van der Waals surface area contributed by atoms with Crippen molar-refractivity contribution >= 4 is 5.91 Å². The van der Waals surface area contributed by atoms with E-state index in [2.05, 4.69) is 4.42 Å². The highest BCUT2D eigenvalue weighted by Crippen LogP contribution is 2.41. The van der Waals surface area contributed by atoms with E-state index >= 15 is 0 Å². The molecule has 1 aromatic heterocycles. The lowest BCUT2D eigenvalue weighted by Crippen LogP contribution is -2.75. The molecule has 0 fully saturated rings. The van der Waals surface area contributed by atoms with Crippen LogP contribution in [0.3, 0.4) is 0 Å². The smallest absolute Gasteiger partial charge is 0.434 e. The maximum absolute atomic E-state index is 13.6. The van der Waals surface area contributed by atoms with E-state index in [1.54, 1.807) is 0 Å². The summed E-state index contributed by atoms with van der Waals surface area (Å²) in [7, 11) is 2.71. The Hall–Kier alpha value is -2.89. The molecule has 0 bridgehead atoms. The predicted molar refractivity (Wildman–Crippen MR) is 92.3 cm³/mol. The second-order valence-electron chi connectivity index (χ2n) is 6.04. The Morgan fingerprint density at radius 3 is 2.13 bits per heavy atom. The largest absolute Gasteiger partial charge is 0.493 e. The molecule has 12 heteroatoms. The number of ether oxygens (including phenoxy) is 2. The SMILES string of the molecule is COc1ccc(CCNC(NC(=O)c2ccco2)(C(F)(F)F)C(F)(F)F)cc1OC. The van der Waals surface area contributed by atoms with E-state index in [0.29, 0.717) is 11.3 Å². The number of carbonyl (C=O) groups is 1. The number of nitrogens with one attached hydrogen (secondary N) is 2. The summed E-state index contributed by atoms with van der Waals surface area (Å²) >= 11 is 0. The van der Waals surface area contributed by atoms with Crippen molar-refractivity contribution in [2.24, 2.45) is 0 Å². The van der Waals surface area contributed by atoms with E-state index in [1.165, 1.54) is 37.7 Å². The number of methoxy groups -OCH3 is 2. The van der Waals surface area contributed by atoms with Crippen LogP contribution < -0.4 is 20.1 Å². The van der Waals surface area contributed by atoms with Crippen LogP contribution in [0.15, 0.2) is 41.0 Å². The molecule has 1 heterocycles. The fourth-order valence-electron chi connectivity index (χ4n) is 2.62. The molecular weight excluding hydrogens is 422 g/mol. The summed E-state index contributed by atoms with van der Waals surface area (Å²) in [5.41, 5.74) is -4.30. The van der Waals surface area contributed by atoms with Crippen molar-refractivity contribution in [3.63, 3.8) is 0 Å². The van der Waals surface area contributed by atoms with Gasteiger partial charge in [0.05, 0.1) is 20.5 Å². The lowest BCUT2D eigenvalue weighted by Gasteiger charge is -2.38. The zero-order valence-corrected chi connectivity index (χ0v) is 15.8. The van der Waals surface area contributed by atoms with Gasteiger partial charge in [-0.3, -0.25) is 10.1 Å². The second-order valence-corrected chi connectivity index (χ2v) is 6.04. The Balaban J connectivity index is 2.26. The maximum atomic E-state index is 13.6. The Labute approximate surface area is 167 Å². The van der Waals surface area contributed by atoms with Gasteiger partial charge in [-0.05, 0) is 36.2 Å². The van der Waals surface area contributed by atoms with Crippen molar-refractivity contribution in [3.05, 3.63) is 47.9 Å². The van der Waals surface area contributed by atoms with Crippen LogP contribution in [0.2, 0.25) is 0 Å². The van der Waals surface area contributed by atoms with Crippen LogP contribution in [0.1, 0.15) is 16.1 Å². The minimum atomic E-state index is -5.90. The molecule has 0 saturated heterocycles. The minimum Gasteiger partial charge on any atom is -0.493 e. The van der Waals surface area contributed by atoms with Crippen molar-refractivity contribution in [1.29, 1.82) is 0 Å². The molecule has 2 aromatic rings. The number of benzene rings is 1. The molecule has 6 nitrogen and oxygen atoms in total. The van der Waals surface area contributed by atoms with E-state index in [-0.39, 0.29) is 12.2 Å². The number of rotatable bonds is 8. The van der Waals surface area contributed by atoms with Gasteiger partial charge in [0.25, 0.3) is 11.6 Å². The first-order valence-corrected chi connectivity index (χ1v) is 8.40. The Morgan fingerprint density at radius 1 is 1.00 bits per heavy atom. The average Bonchev–Trinajstić information content (AvgIpc) is 3.20. The molecule has 0 aliphatic carbocycles. The fourth-order valence-corrected chi connectivity index (χ4v) is 2.62. The van der Waals surface area contributed by atoms with Crippen LogP contribution in [-0.2, 0) is 6.42 Å². The molecule has 0 unspecified atom stereocenters. The van der Waals surface area contributed by atoms with E-state index in [1.807, 2.05) is 0 Å². The van der Waals surface area contributed by atoms with Crippen LogP contribution in [0.4, 0.5) is 26.3 Å². The van der Waals surface area contributed by atoms with Crippen LogP contribution in [0.5, 0.6) is 11.5 Å². The van der Waals surface area contributed by atoms with Gasteiger partial charge in [0.1, 0.15) is 0 Å². The number of furan rings is 1. The monoisotopic (exact) mass is 440 g/mol. The van der Waals surface area contributed by atoms with Crippen molar-refractivity contribution in [2.45, 2.75) is 24.4 Å². The molecular formula is C18H18F6N2O4. The third-order valence-corrected chi connectivity index (χ3v) is 4.15. The maximum Gasteiger partial charge on any atom is 0.434 e. The first-order valence-electron chi connectivity index (χ1n) is 8.40. The van der Waals surface area contributed by atoms with Crippen molar-refractivity contribution in [2.75, 3.05) is 20.8 Å². The van der Waals surface area contributed by atoms with Gasteiger partial charge >= 0.3 is 12.4 Å². The number of amides is 1. The highest BCUT2D eigenvalue weighted by Gasteiger charge is 2.72. The number of alkyl halides is 6. The summed E-state index contributed by atoms with van der Waals surface area (Å²) < 4.78 is 96.0. The molecule has 2 rings (SSSR count). The van der Waals surface area contributed by atoms with Gasteiger partial charge in [-0.25, -0.2) is 0 Å². The first-order chi connectivity index (χ1) is 13.9. The molecule has 0 aliphatic rings. The number of hydrogen-bond donors (Lipinski definition) is 2. The van der Waals surface area contributed by atoms with E-state index < -0.39 is 36.2 Å². The fraction of sp³-hybridized carbons (Fsp3) is 0.389. The Kier molecular flexibility index (Phi) is 6.91. The normalized spacial score (nSPS) is 12.5. The summed E-state index contributed by atoms with van der Waals surface area (Å²) in [6.07, 6.45) is -11.1. The van der Waals surface area contributed by atoms with E-state index in [4.69, 9.17) is 9.47 Å². The third-order valence-electron chi connectivity index (χ3n) is 4.15. The van der Waals surface area contributed by atoms with Gasteiger partial charge in [-0.1, -0.05) is 6.07 Å². The zero-order chi connectivity index (χ0) is 22.6. The van der Waals surface area contributed by atoms with Crippen LogP contribution in [0.25, 0.3) is 0 Å². The summed E-state index contributed by atoms with van der Waals surface area (Å²) in [5, 5.41) is 2.43. The van der Waals surface area contributed by atoms with Crippen LogP contribution >= 0.6 is 0 Å². The molecule has 0 atom stereocenters. The lowest BCUT2D eigenvalue weighted by molar-refractivity contribution is -0.314. The second kappa shape index (κ2) is 8.86. The van der Waals surface area contributed by atoms with Gasteiger partial charge < -0.3 is 19.2 Å². The third kappa shape index (κ3) is 4.81. The van der Waals surface area contributed by atoms with Gasteiger partial charge in [-0.15, -0.1) is 0 Å². The first kappa shape index (κ1) is 23.4. The molecule has 2 N–H and O–H groups in total. The standard InChI is InChI=1S/C18H18F6N2O4/c1-28-12-6-5-11(10-14(12)29-2)7-8-25-16(17(19,20)21,18(22,23)24)26-15(27)13-4-3-9-30-13/h3-6,9-10,25H,7-8H2,1-2H3,(H,26,27). The Morgan fingerprint density at radius 2 is 1.63 bits per heavy atom. The summed E-state index contributed by atoms with van der Waals surface area (Å²) in [5.74, 6) is -1.76. The van der Waals surface area contributed by atoms with Crippen LogP contribution in [-0.4, -0.2) is 44.7 Å². The van der Waals surface area contributed by atoms with E-state index in [0.717, 1.165) is 23.7 Å². The van der Waals surface area contributed by atoms with Crippen molar-refractivity contribution in [1.82, 2.24) is 10.6 Å². The number of halogens is 6. The molecule has 1 amide bonds. The molecule has 0 spiro atoms. The topological polar surface area (TPSA) is 72.7 Å². The molecule has 0 saturated carbocycles. The molecule has 166 valence electrons. The summed E-state index contributed by atoms with van der Waals surface area (Å²) in [6, 6.07) is 6.45. The van der Waals surface area contributed by atoms with Gasteiger partial charge in [0, 0.05) is 6.54 Å².